The number of benzene rings is 1. The third-order valence-electron chi connectivity index (χ3n) is 4.15. The number of hydrogen-bond donors (Lipinski definition) is 1. The Morgan fingerprint density at radius 2 is 2.04 bits per heavy atom. The number of nitrogens with one attached hydrogen (secondary N) is 1. The Morgan fingerprint density at radius 1 is 1.21 bits per heavy atom. The lowest BCUT2D eigenvalue weighted by molar-refractivity contribution is 0.102. The largest absolute Gasteiger partial charge is 0.487 e. The van der Waals surface area contributed by atoms with Crippen molar-refractivity contribution in [3.05, 3.63) is 71.7 Å². The molecule has 1 N–H and O–H groups in total. The lowest BCUT2D eigenvalue weighted by atomic mass is 10.1. The minimum Gasteiger partial charge on any atom is -0.487 e. The molecule has 2 aromatic heterocycles. The van der Waals surface area contributed by atoms with Gasteiger partial charge < -0.3 is 15.0 Å². The lowest BCUT2D eigenvalue weighted by Gasteiger charge is -2.40. The number of anilines is 2. The molecular formula is C19H15ClFN5O2. The molecule has 1 aliphatic rings. The molecule has 0 saturated carbocycles. The van der Waals surface area contributed by atoms with Gasteiger partial charge in [0.2, 0.25) is 0 Å². The van der Waals surface area contributed by atoms with E-state index in [1.165, 1.54) is 30.6 Å². The predicted octanol–water partition coefficient (Wildman–Crippen LogP) is 3.18. The SMILES string of the molecule is O=C(Nc1cccnc1)c1nccnc1N1CC(Oc2ccc(F)c(Cl)c2)C1. The summed E-state index contributed by atoms with van der Waals surface area (Å²) in [5, 5.41) is 2.76. The number of carbonyl (C=O) groups is 1. The van der Waals surface area contributed by atoms with E-state index < -0.39 is 5.82 Å². The lowest BCUT2D eigenvalue weighted by Crippen LogP contribution is -2.54. The molecule has 142 valence electrons. The topological polar surface area (TPSA) is 80.2 Å². The molecule has 1 aliphatic heterocycles. The number of nitrogens with zero attached hydrogens (tertiary/aromatic N) is 4. The van der Waals surface area contributed by atoms with E-state index in [9.17, 15) is 9.18 Å². The van der Waals surface area contributed by atoms with Gasteiger partial charge in [-0.05, 0) is 24.3 Å². The van der Waals surface area contributed by atoms with Crippen LogP contribution in [-0.4, -0.2) is 40.1 Å². The molecule has 0 unspecified atom stereocenters. The highest BCUT2D eigenvalue weighted by Gasteiger charge is 2.33. The first kappa shape index (κ1) is 18.1. The van der Waals surface area contributed by atoms with Crippen LogP contribution in [0.5, 0.6) is 5.75 Å². The van der Waals surface area contributed by atoms with Crippen LogP contribution in [0.1, 0.15) is 10.5 Å². The summed E-state index contributed by atoms with van der Waals surface area (Å²) < 4.78 is 19.0. The quantitative estimate of drug-likeness (QED) is 0.709. The molecular weight excluding hydrogens is 385 g/mol. The summed E-state index contributed by atoms with van der Waals surface area (Å²) in [7, 11) is 0. The number of pyridine rings is 1. The molecule has 0 aliphatic carbocycles. The maximum atomic E-state index is 13.2. The van der Waals surface area contributed by atoms with Crippen molar-refractivity contribution >= 4 is 29.0 Å². The van der Waals surface area contributed by atoms with Crippen molar-refractivity contribution in [3.8, 4) is 5.75 Å². The molecule has 28 heavy (non-hydrogen) atoms. The molecule has 3 heterocycles. The highest BCUT2D eigenvalue weighted by atomic mass is 35.5. The van der Waals surface area contributed by atoms with Crippen LogP contribution in [0.15, 0.2) is 55.1 Å². The Hall–Kier alpha value is -3.26. The zero-order valence-corrected chi connectivity index (χ0v) is 15.3. The van der Waals surface area contributed by atoms with Crippen molar-refractivity contribution in [1.82, 2.24) is 15.0 Å². The van der Waals surface area contributed by atoms with Gasteiger partial charge in [0.25, 0.3) is 5.91 Å². The van der Waals surface area contributed by atoms with Crippen molar-refractivity contribution in [1.29, 1.82) is 0 Å². The zero-order valence-electron chi connectivity index (χ0n) is 14.5. The van der Waals surface area contributed by atoms with Crippen LogP contribution in [-0.2, 0) is 0 Å². The van der Waals surface area contributed by atoms with Gasteiger partial charge in [0.15, 0.2) is 11.5 Å². The summed E-state index contributed by atoms with van der Waals surface area (Å²) in [5.74, 6) is 0.101. The maximum Gasteiger partial charge on any atom is 0.278 e. The number of amides is 1. The number of rotatable bonds is 5. The second-order valence-corrected chi connectivity index (χ2v) is 6.55. The monoisotopic (exact) mass is 399 g/mol. The number of ether oxygens (including phenoxy) is 1. The van der Waals surface area contributed by atoms with Gasteiger partial charge in [0.1, 0.15) is 17.7 Å². The van der Waals surface area contributed by atoms with Gasteiger partial charge in [-0.2, -0.15) is 0 Å². The van der Waals surface area contributed by atoms with Gasteiger partial charge in [0, 0.05) is 24.7 Å². The van der Waals surface area contributed by atoms with Crippen LogP contribution in [0.25, 0.3) is 0 Å². The molecule has 9 heteroatoms. The second-order valence-electron chi connectivity index (χ2n) is 6.15. The molecule has 1 saturated heterocycles. The molecule has 1 fully saturated rings. The highest BCUT2D eigenvalue weighted by molar-refractivity contribution is 6.30. The van der Waals surface area contributed by atoms with E-state index in [4.69, 9.17) is 16.3 Å². The van der Waals surface area contributed by atoms with E-state index in [0.717, 1.165) is 0 Å². The summed E-state index contributed by atoms with van der Waals surface area (Å²) >= 11 is 5.77. The van der Waals surface area contributed by atoms with Crippen LogP contribution in [0.3, 0.4) is 0 Å². The minimum absolute atomic E-state index is 0.0111. The molecule has 4 rings (SSSR count). The first-order chi connectivity index (χ1) is 13.6. The van der Waals surface area contributed by atoms with Gasteiger partial charge in [-0.1, -0.05) is 11.6 Å². The van der Waals surface area contributed by atoms with Crippen LogP contribution in [0.4, 0.5) is 15.9 Å². The Balaban J connectivity index is 1.42. The Morgan fingerprint density at radius 3 is 2.79 bits per heavy atom. The molecule has 0 bridgehead atoms. The summed E-state index contributed by atoms with van der Waals surface area (Å²) in [4.78, 5) is 26.9. The third kappa shape index (κ3) is 3.86. The van der Waals surface area contributed by atoms with Gasteiger partial charge >= 0.3 is 0 Å². The molecule has 0 spiro atoms. The fourth-order valence-electron chi connectivity index (χ4n) is 2.78. The second kappa shape index (κ2) is 7.77. The van der Waals surface area contributed by atoms with E-state index in [1.54, 1.807) is 24.5 Å². The summed E-state index contributed by atoms with van der Waals surface area (Å²) in [6, 6.07) is 7.69. The Labute approximate surface area is 165 Å². The van der Waals surface area contributed by atoms with Crippen LogP contribution >= 0.6 is 11.6 Å². The molecule has 7 nitrogen and oxygen atoms in total. The van der Waals surface area contributed by atoms with E-state index in [-0.39, 0.29) is 22.7 Å². The molecule has 0 radical (unpaired) electrons. The van der Waals surface area contributed by atoms with E-state index >= 15 is 0 Å². The number of carbonyl (C=O) groups excluding carboxylic acids is 1. The van der Waals surface area contributed by atoms with Crippen molar-refractivity contribution in [2.75, 3.05) is 23.3 Å². The Bertz CT molecular complexity index is 999. The summed E-state index contributed by atoms with van der Waals surface area (Å²) in [6.07, 6.45) is 6.05. The van der Waals surface area contributed by atoms with Crippen LogP contribution in [0.2, 0.25) is 5.02 Å². The minimum atomic E-state index is -0.493. The summed E-state index contributed by atoms with van der Waals surface area (Å²) in [6.45, 7) is 1.03. The molecule has 3 aromatic rings. The predicted molar refractivity (Wildman–Crippen MR) is 102 cm³/mol. The summed E-state index contributed by atoms with van der Waals surface area (Å²) in [5.41, 5.74) is 0.789. The van der Waals surface area contributed by atoms with Gasteiger partial charge in [-0.25, -0.2) is 14.4 Å². The van der Waals surface area contributed by atoms with Gasteiger partial charge in [-0.3, -0.25) is 9.78 Å². The first-order valence-electron chi connectivity index (χ1n) is 8.49. The normalized spacial score (nSPS) is 13.7. The smallest absolute Gasteiger partial charge is 0.278 e. The number of aromatic nitrogens is 3. The average molecular weight is 400 g/mol. The number of hydrogen-bond acceptors (Lipinski definition) is 6. The van der Waals surface area contributed by atoms with Crippen LogP contribution in [0, 0.1) is 5.82 Å². The fourth-order valence-corrected chi connectivity index (χ4v) is 2.95. The van der Waals surface area contributed by atoms with Crippen LogP contribution < -0.4 is 15.0 Å². The highest BCUT2D eigenvalue weighted by Crippen LogP contribution is 2.27. The fraction of sp³-hybridized carbons (Fsp3) is 0.158. The first-order valence-corrected chi connectivity index (χ1v) is 8.87. The van der Waals surface area contributed by atoms with Crippen molar-refractivity contribution in [2.45, 2.75) is 6.10 Å². The molecule has 0 atom stereocenters. The average Bonchev–Trinajstić information content (AvgIpc) is 2.68. The van der Waals surface area contributed by atoms with E-state index in [1.807, 2.05) is 4.90 Å². The zero-order chi connectivity index (χ0) is 19.5. The van der Waals surface area contributed by atoms with Crippen molar-refractivity contribution in [2.24, 2.45) is 0 Å². The molecule has 1 amide bonds. The maximum absolute atomic E-state index is 13.2. The standard InChI is InChI=1S/C19H15ClFN5O2/c20-15-8-13(3-4-16(15)21)28-14-10-26(11-14)18-17(23-6-7-24-18)19(27)25-12-2-1-5-22-9-12/h1-9,14H,10-11H2,(H,25,27). The Kier molecular flexibility index (Phi) is 5.03. The van der Waals surface area contributed by atoms with E-state index in [0.29, 0.717) is 30.3 Å². The van der Waals surface area contributed by atoms with Gasteiger partial charge in [0.05, 0.1) is 30.0 Å². The van der Waals surface area contributed by atoms with Gasteiger partial charge in [-0.15, -0.1) is 0 Å². The third-order valence-corrected chi connectivity index (χ3v) is 4.44. The molecule has 1 aromatic carbocycles. The van der Waals surface area contributed by atoms with Crippen molar-refractivity contribution < 1.29 is 13.9 Å². The number of halogens is 2. The van der Waals surface area contributed by atoms with Crippen molar-refractivity contribution in [3.63, 3.8) is 0 Å². The van der Waals surface area contributed by atoms with E-state index in [2.05, 4.69) is 20.3 Å².